The summed E-state index contributed by atoms with van der Waals surface area (Å²) in [6.07, 6.45) is 0.948. The maximum absolute atomic E-state index is 5.87. The molecule has 0 saturated heterocycles. The molecule has 0 saturated carbocycles. The van der Waals surface area contributed by atoms with Gasteiger partial charge in [-0.3, -0.25) is 4.99 Å². The summed E-state index contributed by atoms with van der Waals surface area (Å²) < 4.78 is 0. The van der Waals surface area contributed by atoms with Crippen molar-refractivity contribution >= 4 is 41.5 Å². The molecule has 126 valence electrons. The van der Waals surface area contributed by atoms with Crippen molar-refractivity contribution < 1.29 is 0 Å². The third-order valence-corrected chi connectivity index (χ3v) is 3.73. The SMILES string of the molecule is CN=C(NCCc1ccc(Cl)cc1)NCCN(C)C(C)C.I. The number of halogens is 2. The molecule has 0 bridgehead atoms. The Hall–Kier alpha value is -0.530. The summed E-state index contributed by atoms with van der Waals surface area (Å²) >= 11 is 5.87. The fourth-order valence-corrected chi connectivity index (χ4v) is 1.93. The zero-order valence-corrected chi connectivity index (χ0v) is 17.0. The summed E-state index contributed by atoms with van der Waals surface area (Å²) in [5.41, 5.74) is 1.27. The van der Waals surface area contributed by atoms with Gasteiger partial charge >= 0.3 is 0 Å². The van der Waals surface area contributed by atoms with Crippen molar-refractivity contribution in [1.82, 2.24) is 15.5 Å². The number of likely N-dealkylation sites (N-methyl/N-ethyl adjacent to an activating group) is 1. The Labute approximate surface area is 156 Å². The van der Waals surface area contributed by atoms with E-state index in [4.69, 9.17) is 11.6 Å². The molecule has 0 aliphatic carbocycles. The van der Waals surface area contributed by atoms with E-state index in [9.17, 15) is 0 Å². The molecule has 0 radical (unpaired) electrons. The number of hydrogen-bond donors (Lipinski definition) is 2. The van der Waals surface area contributed by atoms with Crippen LogP contribution in [0.1, 0.15) is 19.4 Å². The van der Waals surface area contributed by atoms with E-state index in [0.29, 0.717) is 6.04 Å². The van der Waals surface area contributed by atoms with Crippen LogP contribution in [0.2, 0.25) is 5.02 Å². The van der Waals surface area contributed by atoms with Crippen LogP contribution in [0.3, 0.4) is 0 Å². The zero-order valence-electron chi connectivity index (χ0n) is 13.9. The molecule has 22 heavy (non-hydrogen) atoms. The molecule has 1 rings (SSSR count). The van der Waals surface area contributed by atoms with E-state index in [2.05, 4.69) is 53.6 Å². The van der Waals surface area contributed by atoms with Gasteiger partial charge in [-0.25, -0.2) is 0 Å². The quantitative estimate of drug-likeness (QED) is 0.390. The van der Waals surface area contributed by atoms with Crippen LogP contribution in [-0.4, -0.2) is 50.6 Å². The van der Waals surface area contributed by atoms with Crippen LogP contribution in [-0.2, 0) is 6.42 Å². The number of nitrogens with zero attached hydrogens (tertiary/aromatic N) is 2. The molecule has 0 aliphatic rings. The minimum atomic E-state index is 0. The van der Waals surface area contributed by atoms with E-state index < -0.39 is 0 Å². The fraction of sp³-hybridized carbons (Fsp3) is 0.562. The summed E-state index contributed by atoms with van der Waals surface area (Å²) in [7, 11) is 3.92. The Morgan fingerprint density at radius 2 is 1.77 bits per heavy atom. The van der Waals surface area contributed by atoms with Crippen molar-refractivity contribution in [1.29, 1.82) is 0 Å². The normalized spacial score (nSPS) is 11.5. The van der Waals surface area contributed by atoms with Gasteiger partial charge in [0.05, 0.1) is 0 Å². The predicted molar refractivity (Wildman–Crippen MR) is 108 cm³/mol. The first-order chi connectivity index (χ1) is 10.0. The van der Waals surface area contributed by atoms with Crippen LogP contribution in [0.4, 0.5) is 0 Å². The van der Waals surface area contributed by atoms with Gasteiger partial charge in [-0.1, -0.05) is 23.7 Å². The summed E-state index contributed by atoms with van der Waals surface area (Å²) in [6.45, 7) is 7.12. The second-order valence-electron chi connectivity index (χ2n) is 5.38. The fourth-order valence-electron chi connectivity index (χ4n) is 1.81. The van der Waals surface area contributed by atoms with Gasteiger partial charge in [0.15, 0.2) is 5.96 Å². The molecular weight excluding hydrogens is 411 g/mol. The lowest BCUT2D eigenvalue weighted by molar-refractivity contribution is 0.278. The second-order valence-corrected chi connectivity index (χ2v) is 5.81. The first kappa shape index (κ1) is 21.5. The molecule has 0 aromatic heterocycles. The summed E-state index contributed by atoms with van der Waals surface area (Å²) in [6, 6.07) is 8.51. The van der Waals surface area contributed by atoms with Crippen molar-refractivity contribution in [2.45, 2.75) is 26.3 Å². The van der Waals surface area contributed by atoms with Crippen LogP contribution < -0.4 is 10.6 Å². The third kappa shape index (κ3) is 8.80. The molecule has 0 fully saturated rings. The lowest BCUT2D eigenvalue weighted by atomic mass is 10.1. The van der Waals surface area contributed by atoms with Gasteiger partial charge in [-0.2, -0.15) is 0 Å². The first-order valence-electron chi connectivity index (χ1n) is 7.42. The molecule has 1 aromatic carbocycles. The maximum atomic E-state index is 5.87. The van der Waals surface area contributed by atoms with Crippen molar-refractivity contribution in [2.24, 2.45) is 4.99 Å². The van der Waals surface area contributed by atoms with Crippen LogP contribution >= 0.6 is 35.6 Å². The van der Waals surface area contributed by atoms with E-state index in [1.54, 1.807) is 7.05 Å². The molecule has 0 unspecified atom stereocenters. The van der Waals surface area contributed by atoms with E-state index in [0.717, 1.165) is 37.0 Å². The summed E-state index contributed by atoms with van der Waals surface area (Å²) in [5, 5.41) is 7.43. The summed E-state index contributed by atoms with van der Waals surface area (Å²) in [5.74, 6) is 0.848. The summed E-state index contributed by atoms with van der Waals surface area (Å²) in [4.78, 5) is 6.53. The Morgan fingerprint density at radius 3 is 2.32 bits per heavy atom. The predicted octanol–water partition coefficient (Wildman–Crippen LogP) is 3.01. The highest BCUT2D eigenvalue weighted by Gasteiger charge is 2.03. The lowest BCUT2D eigenvalue weighted by Crippen LogP contribution is -2.42. The van der Waals surface area contributed by atoms with Gasteiger partial charge < -0.3 is 15.5 Å². The van der Waals surface area contributed by atoms with Crippen molar-refractivity contribution in [3.63, 3.8) is 0 Å². The smallest absolute Gasteiger partial charge is 0.191 e. The van der Waals surface area contributed by atoms with Gasteiger partial charge in [-0.15, -0.1) is 24.0 Å². The minimum Gasteiger partial charge on any atom is -0.356 e. The monoisotopic (exact) mass is 438 g/mol. The Bertz CT molecular complexity index is 434. The van der Waals surface area contributed by atoms with Gasteiger partial charge in [0.25, 0.3) is 0 Å². The number of rotatable bonds is 7. The molecule has 0 spiro atoms. The largest absolute Gasteiger partial charge is 0.356 e. The Kier molecular flexibility index (Phi) is 11.7. The molecule has 0 atom stereocenters. The molecule has 1 aromatic rings. The molecule has 4 nitrogen and oxygen atoms in total. The third-order valence-electron chi connectivity index (χ3n) is 3.48. The lowest BCUT2D eigenvalue weighted by Gasteiger charge is -2.21. The van der Waals surface area contributed by atoms with Gasteiger partial charge in [0.1, 0.15) is 0 Å². The van der Waals surface area contributed by atoms with Crippen LogP contribution in [0, 0.1) is 0 Å². The maximum Gasteiger partial charge on any atom is 0.191 e. The highest BCUT2D eigenvalue weighted by Crippen LogP contribution is 2.09. The standard InChI is InChI=1S/C16H27ClN4.HI/c1-13(2)21(4)12-11-20-16(18-3)19-10-9-14-5-7-15(17)8-6-14;/h5-8,13H,9-12H2,1-4H3,(H2,18,19,20);1H. The highest BCUT2D eigenvalue weighted by atomic mass is 127. The Balaban J connectivity index is 0.00000441. The van der Waals surface area contributed by atoms with Crippen LogP contribution in [0.15, 0.2) is 29.3 Å². The zero-order chi connectivity index (χ0) is 15.7. The first-order valence-corrected chi connectivity index (χ1v) is 7.80. The minimum absolute atomic E-state index is 0. The highest BCUT2D eigenvalue weighted by molar-refractivity contribution is 14.0. The van der Waals surface area contributed by atoms with E-state index in [1.165, 1.54) is 5.56 Å². The number of aliphatic imine (C=N–C) groups is 1. The molecule has 6 heteroatoms. The van der Waals surface area contributed by atoms with Crippen LogP contribution in [0.25, 0.3) is 0 Å². The van der Waals surface area contributed by atoms with Crippen molar-refractivity contribution in [3.8, 4) is 0 Å². The number of hydrogen-bond acceptors (Lipinski definition) is 2. The van der Waals surface area contributed by atoms with Crippen molar-refractivity contribution in [3.05, 3.63) is 34.9 Å². The van der Waals surface area contributed by atoms with E-state index in [1.807, 2.05) is 12.1 Å². The number of nitrogens with one attached hydrogen (secondary N) is 2. The van der Waals surface area contributed by atoms with Gasteiger partial charge in [-0.05, 0) is 45.0 Å². The number of benzene rings is 1. The van der Waals surface area contributed by atoms with Crippen molar-refractivity contribution in [2.75, 3.05) is 33.7 Å². The average molecular weight is 439 g/mol. The van der Waals surface area contributed by atoms with Gasteiger partial charge in [0, 0.05) is 37.7 Å². The van der Waals surface area contributed by atoms with Crippen LogP contribution in [0.5, 0.6) is 0 Å². The van der Waals surface area contributed by atoms with E-state index in [-0.39, 0.29) is 24.0 Å². The Morgan fingerprint density at radius 1 is 1.18 bits per heavy atom. The molecule has 0 aliphatic heterocycles. The van der Waals surface area contributed by atoms with Gasteiger partial charge in [0.2, 0.25) is 0 Å². The van der Waals surface area contributed by atoms with E-state index >= 15 is 0 Å². The molecule has 0 heterocycles. The molecular formula is C16H28ClIN4. The average Bonchev–Trinajstić information content (AvgIpc) is 2.47. The second kappa shape index (κ2) is 12.0. The molecule has 0 amide bonds. The molecule has 2 N–H and O–H groups in total. The topological polar surface area (TPSA) is 39.7 Å². The number of guanidine groups is 1.